The van der Waals surface area contributed by atoms with E-state index in [1.807, 2.05) is 13.0 Å². The Hall–Kier alpha value is -2.05. The van der Waals surface area contributed by atoms with E-state index < -0.39 is 0 Å². The first-order valence-corrected chi connectivity index (χ1v) is 7.01. The maximum Gasteiger partial charge on any atom is 0.110 e. The highest BCUT2D eigenvalue weighted by molar-refractivity contribution is 7.98. The van der Waals surface area contributed by atoms with E-state index in [4.69, 9.17) is 11.7 Å². The second-order valence-corrected chi connectivity index (χ2v) is 4.80. The Kier molecular flexibility index (Phi) is 7.08. The Morgan fingerprint density at radius 2 is 2.47 bits per heavy atom. The number of hydrogen-bond acceptors (Lipinski definition) is 5. The van der Waals surface area contributed by atoms with Crippen LogP contribution >= 0.6 is 11.8 Å². The average Bonchev–Trinajstić information content (AvgIpc) is 2.81. The van der Waals surface area contributed by atoms with Crippen molar-refractivity contribution < 1.29 is 0 Å². The third-order valence-electron chi connectivity index (χ3n) is 2.33. The zero-order valence-electron chi connectivity index (χ0n) is 10.9. The maximum atomic E-state index is 8.62. The first-order chi connectivity index (χ1) is 9.27. The number of aromatic amines is 1. The molecule has 100 valence electrons. The smallest absolute Gasteiger partial charge is 0.110 e. The lowest BCUT2D eigenvalue weighted by Gasteiger charge is -2.10. The molecule has 0 saturated carbocycles. The molecule has 5 nitrogen and oxygen atoms in total. The highest BCUT2D eigenvalue weighted by atomic mass is 32.2. The Morgan fingerprint density at radius 3 is 3.11 bits per heavy atom. The first-order valence-electron chi connectivity index (χ1n) is 5.85. The predicted molar refractivity (Wildman–Crippen MR) is 78.0 cm³/mol. The van der Waals surface area contributed by atoms with Crippen LogP contribution in [0, 0.1) is 30.6 Å². The molecule has 0 unspecified atom stereocenters. The van der Waals surface area contributed by atoms with Crippen molar-refractivity contribution in [2.75, 3.05) is 18.8 Å². The van der Waals surface area contributed by atoms with Crippen molar-refractivity contribution in [2.45, 2.75) is 12.7 Å². The lowest BCUT2D eigenvalue weighted by molar-refractivity contribution is 0.749. The first kappa shape index (κ1) is 15.0. The van der Waals surface area contributed by atoms with Gasteiger partial charge in [0.1, 0.15) is 5.82 Å². The van der Waals surface area contributed by atoms with Gasteiger partial charge in [-0.05, 0) is 6.92 Å². The molecule has 3 N–H and O–H groups in total. The summed E-state index contributed by atoms with van der Waals surface area (Å²) in [5.41, 5.74) is 2.20. The molecular formula is C13H17N5S. The summed E-state index contributed by atoms with van der Waals surface area (Å²) in [4.78, 5) is 7.26. The van der Waals surface area contributed by atoms with Crippen LogP contribution in [-0.2, 0) is 5.75 Å². The van der Waals surface area contributed by atoms with Gasteiger partial charge in [0.25, 0.3) is 0 Å². The van der Waals surface area contributed by atoms with Crippen molar-refractivity contribution in [3.05, 3.63) is 29.6 Å². The number of H-pyrrole nitrogens is 1. The van der Waals surface area contributed by atoms with Crippen LogP contribution in [0.3, 0.4) is 0 Å². The molecular weight excluding hydrogens is 258 g/mol. The van der Waals surface area contributed by atoms with Gasteiger partial charge in [-0.3, -0.25) is 0 Å². The van der Waals surface area contributed by atoms with Gasteiger partial charge in [0.05, 0.1) is 30.7 Å². The molecule has 0 aliphatic carbocycles. The molecule has 1 aromatic rings. The molecule has 0 fully saturated rings. The second kappa shape index (κ2) is 8.96. The molecule has 19 heavy (non-hydrogen) atoms. The summed E-state index contributed by atoms with van der Waals surface area (Å²) in [5, 5.41) is 14.7. The van der Waals surface area contributed by atoms with Crippen molar-refractivity contribution in [1.82, 2.24) is 20.6 Å². The minimum Gasteiger partial charge on any atom is -0.370 e. The molecule has 0 saturated heterocycles. The summed E-state index contributed by atoms with van der Waals surface area (Å²) in [7, 11) is 0. The number of allylic oxidation sites excluding steroid dienone is 1. The molecule has 0 radical (unpaired) electrons. The Labute approximate surface area is 117 Å². The molecule has 0 amide bonds. The summed E-state index contributed by atoms with van der Waals surface area (Å²) in [6.07, 6.45) is 8.28. The van der Waals surface area contributed by atoms with Crippen LogP contribution in [0.15, 0.2) is 18.2 Å². The van der Waals surface area contributed by atoms with Crippen molar-refractivity contribution in [1.29, 1.82) is 5.26 Å². The molecule has 1 heterocycles. The van der Waals surface area contributed by atoms with Gasteiger partial charge in [0, 0.05) is 23.7 Å². The molecule has 0 aliphatic heterocycles. The predicted octanol–water partition coefficient (Wildman–Crippen LogP) is 1.13. The molecule has 0 spiro atoms. The monoisotopic (exact) mass is 275 g/mol. The van der Waals surface area contributed by atoms with Gasteiger partial charge in [0.15, 0.2) is 0 Å². The summed E-state index contributed by atoms with van der Waals surface area (Å²) in [5.74, 6) is 4.97. The van der Waals surface area contributed by atoms with E-state index in [0.29, 0.717) is 12.4 Å². The fourth-order valence-corrected chi connectivity index (χ4v) is 2.23. The van der Waals surface area contributed by atoms with E-state index >= 15 is 0 Å². The molecule has 0 atom stereocenters. The van der Waals surface area contributed by atoms with Crippen molar-refractivity contribution in [3.63, 3.8) is 0 Å². The van der Waals surface area contributed by atoms with Gasteiger partial charge in [-0.15, -0.1) is 6.42 Å². The number of aryl methyl sites for hydroxylation is 1. The van der Waals surface area contributed by atoms with Crippen LogP contribution in [0.25, 0.3) is 0 Å². The largest absolute Gasteiger partial charge is 0.370 e. The molecule has 1 aromatic heterocycles. The number of rotatable bonds is 8. The number of imidazole rings is 1. The van der Waals surface area contributed by atoms with E-state index in [1.54, 1.807) is 18.1 Å². The van der Waals surface area contributed by atoms with Gasteiger partial charge in [-0.25, -0.2) is 4.98 Å². The number of nitriles is 1. The van der Waals surface area contributed by atoms with Crippen molar-refractivity contribution in [3.8, 4) is 18.4 Å². The minimum absolute atomic E-state index is 0.404. The second-order valence-electron chi connectivity index (χ2n) is 3.69. The quantitative estimate of drug-likeness (QED) is 0.377. The molecule has 1 rings (SSSR count). The number of nitrogens with one attached hydrogen (secondary N) is 3. The highest BCUT2D eigenvalue weighted by Crippen LogP contribution is 2.11. The topological polar surface area (TPSA) is 76.5 Å². The van der Waals surface area contributed by atoms with E-state index in [2.05, 4.69) is 26.5 Å². The third-order valence-corrected chi connectivity index (χ3v) is 3.32. The number of aromatic nitrogens is 2. The zero-order chi connectivity index (χ0) is 13.9. The van der Waals surface area contributed by atoms with E-state index in [9.17, 15) is 0 Å². The maximum absolute atomic E-state index is 8.62. The number of hydrogen-bond donors (Lipinski definition) is 3. The lowest BCUT2D eigenvalue weighted by Crippen LogP contribution is -2.28. The van der Waals surface area contributed by atoms with Crippen molar-refractivity contribution in [2.24, 2.45) is 0 Å². The fourth-order valence-electron chi connectivity index (χ4n) is 1.34. The van der Waals surface area contributed by atoms with Gasteiger partial charge in [0.2, 0.25) is 0 Å². The van der Waals surface area contributed by atoms with Crippen LogP contribution in [0.5, 0.6) is 0 Å². The summed E-state index contributed by atoms with van der Waals surface area (Å²) in [6, 6.07) is 1.97. The number of thioether (sulfide) groups is 1. The van der Waals surface area contributed by atoms with Crippen LogP contribution in [0.1, 0.15) is 11.4 Å². The van der Waals surface area contributed by atoms with E-state index in [-0.39, 0.29) is 0 Å². The molecule has 0 aliphatic rings. The minimum atomic E-state index is 0.404. The highest BCUT2D eigenvalue weighted by Gasteiger charge is 2.00. The summed E-state index contributed by atoms with van der Waals surface area (Å²) >= 11 is 1.80. The van der Waals surface area contributed by atoms with Crippen LogP contribution in [0.4, 0.5) is 0 Å². The van der Waals surface area contributed by atoms with Gasteiger partial charge in [-0.1, -0.05) is 5.92 Å². The SMILES string of the molecule is C#CCNC(=CC#N)NCCSCc1[nH]cnc1C. The van der Waals surface area contributed by atoms with E-state index in [1.165, 1.54) is 6.08 Å². The number of nitrogens with zero attached hydrogens (tertiary/aromatic N) is 2. The number of terminal acetylenes is 1. The van der Waals surface area contributed by atoms with Crippen LogP contribution < -0.4 is 10.6 Å². The summed E-state index contributed by atoms with van der Waals surface area (Å²) in [6.45, 7) is 3.16. The van der Waals surface area contributed by atoms with Gasteiger partial charge in [-0.2, -0.15) is 17.0 Å². The molecule has 6 heteroatoms. The Bertz CT molecular complexity index is 492. The third kappa shape index (κ3) is 5.89. The zero-order valence-corrected chi connectivity index (χ0v) is 11.7. The van der Waals surface area contributed by atoms with Crippen LogP contribution in [0.2, 0.25) is 0 Å². The van der Waals surface area contributed by atoms with Crippen molar-refractivity contribution >= 4 is 11.8 Å². The normalized spacial score (nSPS) is 10.6. The standard InChI is InChI=1S/C13H17N5S/c1-3-6-15-13(4-5-14)16-7-8-19-9-12-11(2)17-10-18-12/h1,4,10,15-16H,6-9H2,2H3,(H,17,18). The van der Waals surface area contributed by atoms with Gasteiger partial charge >= 0.3 is 0 Å². The Balaban J connectivity index is 2.19. The van der Waals surface area contributed by atoms with Gasteiger partial charge < -0.3 is 15.6 Å². The lowest BCUT2D eigenvalue weighted by atomic mass is 10.4. The molecule has 0 aromatic carbocycles. The Morgan fingerprint density at radius 1 is 1.63 bits per heavy atom. The van der Waals surface area contributed by atoms with E-state index in [0.717, 1.165) is 29.4 Å². The average molecular weight is 275 g/mol. The fraction of sp³-hybridized carbons (Fsp3) is 0.385. The molecule has 0 bridgehead atoms. The summed E-state index contributed by atoms with van der Waals surface area (Å²) < 4.78 is 0. The van der Waals surface area contributed by atoms with Crippen LogP contribution in [-0.4, -0.2) is 28.8 Å².